The number of carbonyl (C=O) groups excluding carboxylic acids is 2. The van der Waals surface area contributed by atoms with E-state index in [-0.39, 0.29) is 5.91 Å². The number of H-pyrrole nitrogens is 2. The van der Waals surface area contributed by atoms with Crippen molar-refractivity contribution in [1.82, 2.24) is 10.3 Å². The third-order valence-corrected chi connectivity index (χ3v) is 0.924. The van der Waals surface area contributed by atoms with Crippen LogP contribution in [0.2, 0.25) is 0 Å². The highest BCUT2D eigenvalue weighted by Crippen LogP contribution is 1.56. The van der Waals surface area contributed by atoms with Gasteiger partial charge in [-0.3, -0.25) is 14.8 Å². The molecule has 0 aliphatic rings. The highest BCUT2D eigenvalue weighted by molar-refractivity contribution is 5.78. The van der Waals surface area contributed by atoms with Gasteiger partial charge in [-0.2, -0.15) is 0 Å². The van der Waals surface area contributed by atoms with Gasteiger partial charge in [-0.05, 0) is 0 Å². The maximum Gasteiger partial charge on any atom is 0.239 e. The van der Waals surface area contributed by atoms with Gasteiger partial charge in [0.1, 0.15) is 12.4 Å². The molecular formula is C7H11N3O3. The van der Waals surface area contributed by atoms with Crippen molar-refractivity contribution in [3.8, 4) is 0 Å². The molecule has 1 aromatic rings. The summed E-state index contributed by atoms with van der Waals surface area (Å²) in [6.07, 6.45) is 5.39. The first-order chi connectivity index (χ1) is 6.13. The number of carboxylic acid groups (broad SMARTS) is 1. The second-order valence-electron chi connectivity index (χ2n) is 2.09. The number of carbonyl (C=O) groups is 2. The van der Waals surface area contributed by atoms with Gasteiger partial charge in [0.2, 0.25) is 12.2 Å². The molecule has 0 unspecified atom stereocenters. The quantitative estimate of drug-likeness (QED) is 0.542. The number of aliphatic carboxylic acids is 1. The smallest absolute Gasteiger partial charge is 0.239 e. The molecule has 0 aliphatic carbocycles. The van der Waals surface area contributed by atoms with E-state index in [9.17, 15) is 14.7 Å². The number of aromatic nitrogens is 2. The zero-order valence-corrected chi connectivity index (χ0v) is 7.16. The van der Waals surface area contributed by atoms with Crippen LogP contribution in [0.1, 0.15) is 6.92 Å². The molecule has 0 atom stereocenters. The normalized spacial score (nSPS) is 8.08. The Bertz CT molecular complexity index is 214. The highest BCUT2D eigenvalue weighted by Gasteiger charge is 1.86. The van der Waals surface area contributed by atoms with Gasteiger partial charge in [0.25, 0.3) is 0 Å². The fraction of sp³-hybridized carbons (Fsp3) is 0.286. The van der Waals surface area contributed by atoms with Gasteiger partial charge in [0, 0.05) is 6.92 Å². The van der Waals surface area contributed by atoms with Gasteiger partial charge >= 0.3 is 0 Å². The van der Waals surface area contributed by atoms with Crippen LogP contribution in [-0.2, 0) is 9.59 Å². The Morgan fingerprint density at radius 1 is 1.62 bits per heavy atom. The number of imidazole rings is 1. The third kappa shape index (κ3) is 10.2. The lowest BCUT2D eigenvalue weighted by molar-refractivity contribution is -0.375. The summed E-state index contributed by atoms with van der Waals surface area (Å²) in [7, 11) is 0. The van der Waals surface area contributed by atoms with E-state index in [1.807, 2.05) is 17.7 Å². The van der Waals surface area contributed by atoms with E-state index in [0.29, 0.717) is 0 Å². The maximum absolute atomic E-state index is 9.95. The summed E-state index contributed by atoms with van der Waals surface area (Å²) in [4.78, 5) is 25.1. The predicted molar refractivity (Wildman–Crippen MR) is 41.0 cm³/mol. The Morgan fingerprint density at radius 3 is 2.46 bits per heavy atom. The fourth-order valence-electron chi connectivity index (χ4n) is 0.437. The van der Waals surface area contributed by atoms with Crippen LogP contribution in [0.25, 0.3) is 0 Å². The lowest BCUT2D eigenvalue weighted by Crippen LogP contribution is -2.36. The van der Waals surface area contributed by atoms with Crippen LogP contribution in [0.3, 0.4) is 0 Å². The molecule has 0 spiro atoms. The summed E-state index contributed by atoms with van der Waals surface area (Å²) >= 11 is 0. The molecule has 0 aromatic carbocycles. The zero-order valence-electron chi connectivity index (χ0n) is 7.16. The first-order valence-corrected chi connectivity index (χ1v) is 3.56. The van der Waals surface area contributed by atoms with Crippen molar-refractivity contribution in [3.63, 3.8) is 0 Å². The molecule has 0 saturated heterocycles. The number of aromatic amines is 2. The van der Waals surface area contributed by atoms with Crippen LogP contribution in [0, 0.1) is 0 Å². The molecule has 1 heterocycles. The first-order valence-electron chi connectivity index (χ1n) is 3.56. The molecule has 13 heavy (non-hydrogen) atoms. The van der Waals surface area contributed by atoms with Gasteiger partial charge in [-0.15, -0.1) is 0 Å². The fourth-order valence-corrected chi connectivity index (χ4v) is 0.437. The number of amides is 1. The summed E-state index contributed by atoms with van der Waals surface area (Å²) in [5.41, 5.74) is 0. The highest BCUT2D eigenvalue weighted by atomic mass is 16.4. The van der Waals surface area contributed by atoms with Crippen LogP contribution in [-0.4, -0.2) is 23.4 Å². The second kappa shape index (κ2) is 6.84. The van der Waals surface area contributed by atoms with Gasteiger partial charge in [0.15, 0.2) is 0 Å². The van der Waals surface area contributed by atoms with Crippen LogP contribution < -0.4 is 15.4 Å². The van der Waals surface area contributed by atoms with Crippen LogP contribution in [0.4, 0.5) is 0 Å². The summed E-state index contributed by atoms with van der Waals surface area (Å²) < 4.78 is 0. The van der Waals surface area contributed by atoms with E-state index >= 15 is 0 Å². The molecule has 6 heteroatoms. The Kier molecular flexibility index (Phi) is 5.86. The van der Waals surface area contributed by atoms with Gasteiger partial charge in [-0.1, -0.05) is 0 Å². The van der Waals surface area contributed by atoms with E-state index in [0.717, 1.165) is 0 Å². The SMILES string of the molecule is CC(=O)NCC(=O)[O-].c1c[nH+]c[nH]1. The van der Waals surface area contributed by atoms with Crippen molar-refractivity contribution in [3.05, 3.63) is 18.7 Å². The molecule has 0 bridgehead atoms. The molecule has 0 fully saturated rings. The minimum absolute atomic E-state index is 0.366. The van der Waals surface area contributed by atoms with Crippen molar-refractivity contribution in [2.45, 2.75) is 6.92 Å². The number of rotatable bonds is 2. The molecule has 0 saturated carbocycles. The van der Waals surface area contributed by atoms with E-state index in [1.165, 1.54) is 6.92 Å². The Hall–Kier alpha value is -1.85. The van der Waals surface area contributed by atoms with Gasteiger partial charge in [0.05, 0.1) is 12.5 Å². The monoisotopic (exact) mass is 185 g/mol. The van der Waals surface area contributed by atoms with Crippen molar-refractivity contribution in [2.24, 2.45) is 0 Å². The molecule has 0 aliphatic heterocycles. The summed E-state index contributed by atoms with van der Waals surface area (Å²) in [5.74, 6) is -1.64. The molecule has 72 valence electrons. The van der Waals surface area contributed by atoms with Crippen molar-refractivity contribution in [2.75, 3.05) is 6.54 Å². The number of nitrogens with one attached hydrogen (secondary N) is 3. The Morgan fingerprint density at radius 2 is 2.31 bits per heavy atom. The summed E-state index contributed by atoms with van der Waals surface area (Å²) in [6.45, 7) is 0.832. The Balaban J connectivity index is 0.000000243. The van der Waals surface area contributed by atoms with Crippen LogP contribution in [0.15, 0.2) is 18.7 Å². The molecule has 0 radical (unpaired) electrons. The summed E-state index contributed by atoms with van der Waals surface area (Å²) in [6, 6.07) is 0. The number of carboxylic acids is 1. The number of hydrogen-bond acceptors (Lipinski definition) is 3. The standard InChI is InChI=1S/C4H7NO3.C3H4N2/c1-3(6)5-2-4(7)8;1-2-5-3-4-1/h2H2,1H3,(H,5,6)(H,7,8);1-3H,(H,4,5). The second-order valence-corrected chi connectivity index (χ2v) is 2.09. The van der Waals surface area contributed by atoms with E-state index < -0.39 is 12.5 Å². The molecule has 1 aromatic heterocycles. The van der Waals surface area contributed by atoms with Crippen LogP contribution in [0.5, 0.6) is 0 Å². The van der Waals surface area contributed by atoms with Crippen molar-refractivity contribution >= 4 is 11.9 Å². The molecule has 1 amide bonds. The van der Waals surface area contributed by atoms with E-state index in [4.69, 9.17) is 0 Å². The lowest BCUT2D eigenvalue weighted by atomic mass is 10.6. The van der Waals surface area contributed by atoms with Crippen molar-refractivity contribution < 1.29 is 19.7 Å². The molecule has 3 N–H and O–H groups in total. The molecule has 6 nitrogen and oxygen atoms in total. The average molecular weight is 185 g/mol. The maximum atomic E-state index is 9.95. The van der Waals surface area contributed by atoms with E-state index in [1.54, 1.807) is 6.33 Å². The Labute approximate surface area is 75.0 Å². The third-order valence-electron chi connectivity index (χ3n) is 0.924. The van der Waals surface area contributed by atoms with E-state index in [2.05, 4.69) is 9.97 Å². The minimum Gasteiger partial charge on any atom is -0.548 e. The van der Waals surface area contributed by atoms with Gasteiger partial charge < -0.3 is 15.2 Å². The average Bonchev–Trinajstić information content (AvgIpc) is 2.57. The lowest BCUT2D eigenvalue weighted by Gasteiger charge is -1.99. The zero-order chi connectivity index (χ0) is 10.1. The molecular weight excluding hydrogens is 174 g/mol. The van der Waals surface area contributed by atoms with Crippen LogP contribution >= 0.6 is 0 Å². The van der Waals surface area contributed by atoms with Gasteiger partial charge in [-0.25, -0.2) is 0 Å². The van der Waals surface area contributed by atoms with Crippen molar-refractivity contribution in [1.29, 1.82) is 0 Å². The first kappa shape index (κ1) is 11.2. The minimum atomic E-state index is -1.28. The largest absolute Gasteiger partial charge is 0.548 e. The number of hydrogen-bond donors (Lipinski definition) is 2. The predicted octanol–water partition coefficient (Wildman–Crippen LogP) is -2.30. The molecule has 1 rings (SSSR count). The topological polar surface area (TPSA) is 99.2 Å². The summed E-state index contributed by atoms with van der Waals surface area (Å²) in [5, 5.41) is 11.6.